The average molecular weight is 362 g/mol. The summed E-state index contributed by atoms with van der Waals surface area (Å²) in [5, 5.41) is 5.27. The topological polar surface area (TPSA) is 91.7 Å². The van der Waals surface area contributed by atoms with E-state index in [9.17, 15) is 0 Å². The number of nitrogens with zero attached hydrogens (tertiary/aromatic N) is 5. The number of nitrogen functional groups attached to an aromatic ring is 1. The first-order chi connectivity index (χ1) is 13.1. The van der Waals surface area contributed by atoms with Crippen LogP contribution in [0.1, 0.15) is 19.4 Å². The van der Waals surface area contributed by atoms with E-state index in [1.807, 2.05) is 64.2 Å². The van der Waals surface area contributed by atoms with Crippen molar-refractivity contribution in [3.05, 3.63) is 54.5 Å². The van der Waals surface area contributed by atoms with Gasteiger partial charge in [-0.25, -0.2) is 19.6 Å². The van der Waals surface area contributed by atoms with E-state index in [-0.39, 0.29) is 0 Å². The zero-order valence-electron chi connectivity index (χ0n) is 15.8. The fourth-order valence-electron chi connectivity index (χ4n) is 2.63. The normalized spacial score (nSPS) is 10.4. The molecule has 0 amide bonds. The molecule has 4 aromatic rings. The zero-order chi connectivity index (χ0) is 19.4. The number of hydrogen-bond donors (Lipinski definition) is 1. The van der Waals surface area contributed by atoms with Gasteiger partial charge in [0.05, 0.1) is 5.39 Å². The second-order valence-corrected chi connectivity index (χ2v) is 5.73. The Labute approximate surface area is 157 Å². The van der Waals surface area contributed by atoms with Crippen molar-refractivity contribution in [3.8, 4) is 22.9 Å². The molecule has 0 spiro atoms. The van der Waals surface area contributed by atoms with Crippen LogP contribution in [-0.4, -0.2) is 24.7 Å². The van der Waals surface area contributed by atoms with Crippen molar-refractivity contribution in [1.29, 1.82) is 0 Å². The Balaban J connectivity index is 0.00000102. The largest absolute Gasteiger partial charge is 0.439 e. The number of fused-ring (bicyclic) bond motifs is 1. The number of ether oxygens (including phenoxy) is 1. The minimum atomic E-state index is 0.414. The molecule has 3 aromatic heterocycles. The molecule has 0 saturated heterocycles. The SMILES string of the molecule is CC.Cc1ccc(Oc2ccc(-c3nn(C)c4ncnc(N)c34)cc2)nc1. The second kappa shape index (κ2) is 7.82. The maximum absolute atomic E-state index is 6.01. The van der Waals surface area contributed by atoms with Gasteiger partial charge >= 0.3 is 0 Å². The minimum absolute atomic E-state index is 0.414. The van der Waals surface area contributed by atoms with E-state index in [1.165, 1.54) is 6.33 Å². The second-order valence-electron chi connectivity index (χ2n) is 5.73. The lowest BCUT2D eigenvalue weighted by atomic mass is 10.1. The molecular weight excluding hydrogens is 340 g/mol. The summed E-state index contributed by atoms with van der Waals surface area (Å²) in [6.07, 6.45) is 3.21. The molecule has 0 radical (unpaired) electrons. The molecule has 2 N–H and O–H groups in total. The fraction of sp³-hybridized carbons (Fsp3) is 0.200. The number of nitrogens with two attached hydrogens (primary N) is 1. The number of anilines is 1. The van der Waals surface area contributed by atoms with E-state index in [0.717, 1.165) is 22.2 Å². The van der Waals surface area contributed by atoms with Crippen LogP contribution in [0.3, 0.4) is 0 Å². The third-order valence-corrected chi connectivity index (χ3v) is 3.88. The molecule has 0 aliphatic heterocycles. The van der Waals surface area contributed by atoms with Crippen LogP contribution in [0.5, 0.6) is 11.6 Å². The Morgan fingerprint density at radius 3 is 2.37 bits per heavy atom. The van der Waals surface area contributed by atoms with Crippen LogP contribution >= 0.6 is 0 Å². The van der Waals surface area contributed by atoms with Gasteiger partial charge in [-0.05, 0) is 36.8 Å². The number of benzene rings is 1. The molecule has 0 aliphatic rings. The third-order valence-electron chi connectivity index (χ3n) is 3.88. The molecule has 0 bridgehead atoms. The summed E-state index contributed by atoms with van der Waals surface area (Å²) in [4.78, 5) is 12.6. The first-order valence-corrected chi connectivity index (χ1v) is 8.76. The molecular formula is C20H22N6O. The monoisotopic (exact) mass is 362 g/mol. The summed E-state index contributed by atoms with van der Waals surface area (Å²) in [7, 11) is 1.83. The summed E-state index contributed by atoms with van der Waals surface area (Å²) in [5.41, 5.74) is 9.46. The highest BCUT2D eigenvalue weighted by Gasteiger charge is 2.15. The van der Waals surface area contributed by atoms with Crippen LogP contribution in [0.2, 0.25) is 0 Å². The predicted molar refractivity (Wildman–Crippen MR) is 107 cm³/mol. The van der Waals surface area contributed by atoms with Gasteiger partial charge in [0.2, 0.25) is 5.88 Å². The maximum atomic E-state index is 6.01. The van der Waals surface area contributed by atoms with E-state index in [0.29, 0.717) is 23.1 Å². The number of pyridine rings is 1. The van der Waals surface area contributed by atoms with E-state index >= 15 is 0 Å². The lowest BCUT2D eigenvalue weighted by Gasteiger charge is -2.06. The van der Waals surface area contributed by atoms with Crippen LogP contribution in [0.15, 0.2) is 48.9 Å². The molecule has 27 heavy (non-hydrogen) atoms. The zero-order valence-corrected chi connectivity index (χ0v) is 15.8. The van der Waals surface area contributed by atoms with Crippen molar-refractivity contribution >= 4 is 16.9 Å². The number of hydrogen-bond acceptors (Lipinski definition) is 6. The van der Waals surface area contributed by atoms with Gasteiger partial charge in [-0.1, -0.05) is 19.9 Å². The molecule has 0 atom stereocenters. The number of aryl methyl sites for hydroxylation is 2. The fourth-order valence-corrected chi connectivity index (χ4v) is 2.63. The highest BCUT2D eigenvalue weighted by Crippen LogP contribution is 2.31. The Hall–Kier alpha value is -3.48. The van der Waals surface area contributed by atoms with Gasteiger partial charge in [-0.3, -0.25) is 0 Å². The molecule has 0 unspecified atom stereocenters. The molecule has 0 aliphatic carbocycles. The van der Waals surface area contributed by atoms with Crippen LogP contribution in [-0.2, 0) is 7.05 Å². The Bertz CT molecular complexity index is 1040. The standard InChI is InChI=1S/C18H16N6O.C2H6/c1-11-3-8-14(20-9-11)25-13-6-4-12(5-7-13)16-15-17(19)21-10-22-18(15)24(2)23-16;1-2/h3-10H,1-2H3,(H2,19,21,22);1-2H3. The summed E-state index contributed by atoms with van der Waals surface area (Å²) < 4.78 is 7.45. The lowest BCUT2D eigenvalue weighted by Crippen LogP contribution is -1.95. The average Bonchev–Trinajstić information content (AvgIpc) is 3.04. The molecule has 1 aromatic carbocycles. The van der Waals surface area contributed by atoms with Crippen molar-refractivity contribution in [3.63, 3.8) is 0 Å². The van der Waals surface area contributed by atoms with Crippen LogP contribution < -0.4 is 10.5 Å². The molecule has 7 nitrogen and oxygen atoms in total. The smallest absolute Gasteiger partial charge is 0.219 e. The van der Waals surface area contributed by atoms with Crippen LogP contribution in [0.25, 0.3) is 22.3 Å². The van der Waals surface area contributed by atoms with E-state index in [4.69, 9.17) is 10.5 Å². The van der Waals surface area contributed by atoms with Crippen molar-refractivity contribution < 1.29 is 4.74 Å². The van der Waals surface area contributed by atoms with Gasteiger partial charge < -0.3 is 10.5 Å². The Kier molecular flexibility index (Phi) is 5.30. The minimum Gasteiger partial charge on any atom is -0.439 e. The van der Waals surface area contributed by atoms with E-state index in [1.54, 1.807) is 10.9 Å². The van der Waals surface area contributed by atoms with E-state index in [2.05, 4.69) is 20.1 Å². The van der Waals surface area contributed by atoms with Crippen molar-refractivity contribution in [2.45, 2.75) is 20.8 Å². The lowest BCUT2D eigenvalue weighted by molar-refractivity contribution is 0.463. The highest BCUT2D eigenvalue weighted by atomic mass is 16.5. The van der Waals surface area contributed by atoms with Gasteiger partial charge in [0.1, 0.15) is 23.6 Å². The number of rotatable bonds is 3. The van der Waals surface area contributed by atoms with Gasteiger partial charge in [0, 0.05) is 24.9 Å². The maximum Gasteiger partial charge on any atom is 0.219 e. The van der Waals surface area contributed by atoms with Gasteiger partial charge in [0.25, 0.3) is 0 Å². The van der Waals surface area contributed by atoms with Crippen LogP contribution in [0, 0.1) is 6.92 Å². The van der Waals surface area contributed by atoms with Gasteiger partial charge in [0.15, 0.2) is 5.65 Å². The van der Waals surface area contributed by atoms with E-state index < -0.39 is 0 Å². The summed E-state index contributed by atoms with van der Waals surface area (Å²) in [6, 6.07) is 11.4. The molecule has 138 valence electrons. The highest BCUT2D eigenvalue weighted by molar-refractivity contribution is 5.98. The molecule has 3 heterocycles. The van der Waals surface area contributed by atoms with Crippen molar-refractivity contribution in [2.75, 3.05) is 5.73 Å². The first-order valence-electron chi connectivity index (χ1n) is 8.76. The van der Waals surface area contributed by atoms with Crippen LogP contribution in [0.4, 0.5) is 5.82 Å². The predicted octanol–water partition coefficient (Wildman–Crippen LogP) is 4.13. The quantitative estimate of drug-likeness (QED) is 0.589. The van der Waals surface area contributed by atoms with Crippen molar-refractivity contribution in [2.24, 2.45) is 7.05 Å². The van der Waals surface area contributed by atoms with Crippen molar-refractivity contribution in [1.82, 2.24) is 24.7 Å². The Morgan fingerprint density at radius 2 is 1.70 bits per heavy atom. The van der Waals surface area contributed by atoms with Gasteiger partial charge in [-0.15, -0.1) is 0 Å². The Morgan fingerprint density at radius 1 is 0.963 bits per heavy atom. The molecule has 0 fully saturated rings. The summed E-state index contributed by atoms with van der Waals surface area (Å²) in [6.45, 7) is 5.98. The third kappa shape index (κ3) is 3.72. The molecule has 4 rings (SSSR count). The number of aromatic nitrogens is 5. The van der Waals surface area contributed by atoms with Gasteiger partial charge in [-0.2, -0.15) is 5.10 Å². The molecule has 0 saturated carbocycles. The summed E-state index contributed by atoms with van der Waals surface area (Å²) in [5.74, 6) is 1.67. The summed E-state index contributed by atoms with van der Waals surface area (Å²) >= 11 is 0. The first kappa shape index (κ1) is 18.3. The molecule has 7 heteroatoms.